The molecule has 0 saturated carbocycles. The molecule has 0 atom stereocenters. The number of quaternary nitrogens is 1. The monoisotopic (exact) mass is 401 g/mol. The van der Waals surface area contributed by atoms with Crippen molar-refractivity contribution in [2.24, 2.45) is 0 Å². The number of pyridine rings is 1. The average Bonchev–Trinajstić information content (AvgIpc) is 2.82. The van der Waals surface area contributed by atoms with Gasteiger partial charge in [0.15, 0.2) is 0 Å². The third kappa shape index (κ3) is 5.99. The van der Waals surface area contributed by atoms with Gasteiger partial charge in [-0.3, -0.25) is 10.3 Å². The lowest BCUT2D eigenvalue weighted by molar-refractivity contribution is -0.490. The molecule has 1 aliphatic rings. The van der Waals surface area contributed by atoms with Gasteiger partial charge in [-0.05, 0) is 34.9 Å². The smallest absolute Gasteiger partial charge is 0.134 e. The maximum atomic E-state index is 4.46. The highest BCUT2D eigenvalue weighted by atomic mass is 14.8. The molecule has 1 aromatic heterocycles. The highest BCUT2D eigenvalue weighted by Crippen LogP contribution is 2.13. The van der Waals surface area contributed by atoms with E-state index in [1.165, 1.54) is 21.5 Å². The molecule has 0 amide bonds. The van der Waals surface area contributed by atoms with E-state index in [-0.39, 0.29) is 0 Å². The fourth-order valence-corrected chi connectivity index (χ4v) is 3.27. The molecule has 0 fully saturated rings. The average molecular weight is 402 g/mol. The lowest BCUT2D eigenvalue weighted by Crippen LogP contribution is -2.77. The van der Waals surface area contributed by atoms with Crippen LogP contribution in [0.15, 0.2) is 127 Å². The van der Waals surface area contributed by atoms with Crippen LogP contribution in [0.2, 0.25) is 0 Å². The van der Waals surface area contributed by atoms with Crippen molar-refractivity contribution in [3.05, 3.63) is 143 Å². The van der Waals surface area contributed by atoms with Crippen molar-refractivity contribution in [3.8, 4) is 0 Å². The minimum absolute atomic E-state index is 0.958. The second-order valence-electron chi connectivity index (χ2n) is 7.13. The van der Waals surface area contributed by atoms with Crippen molar-refractivity contribution in [1.29, 1.82) is 0 Å². The van der Waals surface area contributed by atoms with Crippen molar-refractivity contribution >= 4 is 29.1 Å². The highest BCUT2D eigenvalue weighted by Gasteiger charge is 1.99. The van der Waals surface area contributed by atoms with Crippen LogP contribution < -0.4 is 15.8 Å². The third-order valence-electron chi connectivity index (χ3n) is 4.87. The quantitative estimate of drug-likeness (QED) is 0.618. The van der Waals surface area contributed by atoms with Crippen LogP contribution in [0.1, 0.15) is 5.69 Å². The first kappa shape index (κ1) is 20.3. The van der Waals surface area contributed by atoms with Crippen LogP contribution in [0.3, 0.4) is 0 Å². The third-order valence-corrected chi connectivity index (χ3v) is 4.87. The number of benzene rings is 2. The summed E-state index contributed by atoms with van der Waals surface area (Å²) in [5.74, 6) is 0. The Bertz CT molecular complexity index is 1350. The summed E-state index contributed by atoms with van der Waals surface area (Å²) in [5.41, 5.74) is 2.16. The molecule has 2 N–H and O–H groups in total. The molecule has 3 aromatic rings. The number of nitrogens with two attached hydrogens (primary N) is 1. The Morgan fingerprint density at radius 3 is 2.10 bits per heavy atom. The van der Waals surface area contributed by atoms with E-state index in [4.69, 9.17) is 0 Å². The van der Waals surface area contributed by atoms with Crippen molar-refractivity contribution in [2.45, 2.75) is 0 Å². The normalized spacial score (nSPS) is 15.5. The van der Waals surface area contributed by atoms with E-state index in [0.29, 0.717) is 0 Å². The minimum Gasteiger partial charge on any atom is -0.287 e. The first-order valence-corrected chi connectivity index (χ1v) is 10.4. The van der Waals surface area contributed by atoms with Gasteiger partial charge in [0.25, 0.3) is 0 Å². The van der Waals surface area contributed by atoms with Crippen LogP contribution in [0, 0.1) is 0 Å². The molecule has 150 valence electrons. The molecule has 2 nitrogen and oxygen atoms in total. The molecule has 0 bridgehead atoms. The van der Waals surface area contributed by atoms with E-state index < -0.39 is 0 Å². The molecule has 0 radical (unpaired) electrons. The Morgan fingerprint density at radius 1 is 0.645 bits per heavy atom. The maximum Gasteiger partial charge on any atom is 0.134 e. The summed E-state index contributed by atoms with van der Waals surface area (Å²) in [6.07, 6.45) is 28.6. The van der Waals surface area contributed by atoms with Crippen molar-refractivity contribution < 1.29 is 5.32 Å². The molecule has 2 aromatic carbocycles. The first-order chi connectivity index (χ1) is 15.4. The predicted molar refractivity (Wildman–Crippen MR) is 132 cm³/mol. The summed E-state index contributed by atoms with van der Waals surface area (Å²) in [7, 11) is 0. The Labute approximate surface area is 183 Å². The first-order valence-electron chi connectivity index (χ1n) is 10.4. The predicted octanol–water partition coefficient (Wildman–Crippen LogP) is 4.15. The van der Waals surface area contributed by atoms with Crippen LogP contribution in [-0.2, 0) is 0 Å². The zero-order chi connectivity index (χ0) is 21.1. The minimum atomic E-state index is 0.958. The van der Waals surface area contributed by atoms with E-state index in [1.807, 2.05) is 73.0 Å². The number of hydrogen-bond donors (Lipinski definition) is 1. The maximum absolute atomic E-state index is 4.46. The van der Waals surface area contributed by atoms with E-state index >= 15 is 0 Å². The van der Waals surface area contributed by atoms with E-state index in [2.05, 4.69) is 77.2 Å². The Morgan fingerprint density at radius 2 is 1.29 bits per heavy atom. The number of nitrogens with zero attached hydrogens (tertiary/aromatic N) is 1. The zero-order valence-corrected chi connectivity index (χ0v) is 17.3. The number of aromatic nitrogens is 1. The van der Waals surface area contributed by atoms with Crippen molar-refractivity contribution in [3.63, 3.8) is 0 Å². The van der Waals surface area contributed by atoms with Crippen LogP contribution in [0.5, 0.6) is 0 Å². The summed E-state index contributed by atoms with van der Waals surface area (Å²) >= 11 is 0. The van der Waals surface area contributed by atoms with Gasteiger partial charge in [-0.1, -0.05) is 97.1 Å². The molecule has 31 heavy (non-hydrogen) atoms. The van der Waals surface area contributed by atoms with Crippen molar-refractivity contribution in [2.75, 3.05) is 0 Å². The van der Waals surface area contributed by atoms with Gasteiger partial charge in [0, 0.05) is 22.9 Å². The van der Waals surface area contributed by atoms with Gasteiger partial charge in [-0.25, -0.2) is 0 Å². The van der Waals surface area contributed by atoms with Crippen LogP contribution in [0.25, 0.3) is 29.1 Å². The summed E-state index contributed by atoms with van der Waals surface area (Å²) in [4.78, 5) is 4.46. The highest BCUT2D eigenvalue weighted by molar-refractivity contribution is 5.83. The Kier molecular flexibility index (Phi) is 6.98. The largest absolute Gasteiger partial charge is 0.287 e. The molecule has 0 saturated heterocycles. The van der Waals surface area contributed by atoms with Gasteiger partial charge in [0.05, 0.1) is 5.69 Å². The molecule has 0 unspecified atom stereocenters. The molecule has 0 spiro atoms. The van der Waals surface area contributed by atoms with Gasteiger partial charge >= 0.3 is 0 Å². The summed E-state index contributed by atoms with van der Waals surface area (Å²) in [6, 6.07) is 18.8. The number of allylic oxidation sites excluding steroid dienone is 11. The lowest BCUT2D eigenvalue weighted by Gasteiger charge is -2.00. The number of hydrogen-bond acceptors (Lipinski definition) is 1. The molecule has 2 heteroatoms. The van der Waals surface area contributed by atoms with Gasteiger partial charge < -0.3 is 0 Å². The Hall–Kier alpha value is -4.01. The van der Waals surface area contributed by atoms with E-state index in [0.717, 1.165) is 11.1 Å². The summed E-state index contributed by atoms with van der Waals surface area (Å²) < 4.78 is 0. The van der Waals surface area contributed by atoms with E-state index in [1.54, 1.807) is 0 Å². The fraction of sp³-hybridized carbons (Fsp3) is 0. The molecular formula is C29H25N2+. The topological polar surface area (TPSA) is 29.5 Å². The summed E-state index contributed by atoms with van der Waals surface area (Å²) in [5, 5.41) is 7.04. The number of rotatable bonds is 6. The van der Waals surface area contributed by atoms with E-state index in [9.17, 15) is 0 Å². The molecular weight excluding hydrogens is 376 g/mol. The zero-order valence-electron chi connectivity index (χ0n) is 17.3. The fourth-order valence-electron chi connectivity index (χ4n) is 3.27. The summed E-state index contributed by atoms with van der Waals surface area (Å²) in [6.45, 7) is 0. The second-order valence-corrected chi connectivity index (χ2v) is 7.13. The van der Waals surface area contributed by atoms with Gasteiger partial charge in [-0.2, -0.15) is 0 Å². The Balaban J connectivity index is 1.24. The van der Waals surface area contributed by atoms with Crippen LogP contribution >= 0.6 is 0 Å². The van der Waals surface area contributed by atoms with Crippen molar-refractivity contribution in [1.82, 2.24) is 4.98 Å². The molecule has 4 rings (SSSR count). The second kappa shape index (κ2) is 10.7. The SMILES string of the molecule is C1=c2ccccc2=C/C(=C/C=C/C=C/C=C/C=C/C=C/c2cc3ccccc3cn2)[NH2+]1. The van der Waals surface area contributed by atoms with Crippen LogP contribution in [0.4, 0.5) is 0 Å². The lowest BCUT2D eigenvalue weighted by atomic mass is 10.1. The molecule has 0 aliphatic carbocycles. The van der Waals surface area contributed by atoms with Gasteiger partial charge in [-0.15, -0.1) is 0 Å². The number of fused-ring (bicyclic) bond motifs is 2. The van der Waals surface area contributed by atoms with Crippen LogP contribution in [-0.4, -0.2) is 4.98 Å². The molecule has 2 heterocycles. The van der Waals surface area contributed by atoms with Gasteiger partial charge in [0.1, 0.15) is 11.9 Å². The molecule has 1 aliphatic heterocycles. The van der Waals surface area contributed by atoms with Gasteiger partial charge in [0.2, 0.25) is 0 Å². The standard InChI is InChI=1S/C29H24N2/c1(2-4-6-8-18-28-20-24-14-10-12-16-26(24)22-30-28)3-5-7-9-19-29-21-25-15-11-13-17-27(25)23-31-29/h1-23,30H/p+1/b3-1+,4-2+,7-5+,8-6+,19-9+,28-18-.